The summed E-state index contributed by atoms with van der Waals surface area (Å²) in [4.78, 5) is 16.7. The van der Waals surface area contributed by atoms with Crippen molar-refractivity contribution in [2.45, 2.75) is 12.8 Å². The maximum absolute atomic E-state index is 8.35. The highest BCUT2D eigenvalue weighted by molar-refractivity contribution is 5.26. The molecule has 0 bridgehead atoms. The van der Waals surface area contributed by atoms with Crippen LogP contribution in [-0.2, 0) is 9.59 Å². The molecule has 70 valence electrons. The summed E-state index contributed by atoms with van der Waals surface area (Å²) in [6, 6.07) is 0. The van der Waals surface area contributed by atoms with Gasteiger partial charge in [-0.25, -0.2) is 20.4 Å². The summed E-state index contributed by atoms with van der Waals surface area (Å²) in [7, 11) is 0. The standard InChI is InChI=1S/C4H10O2.2CHNO/c5-3-1-2-4-6;2*2-1-3/h5-6H,1-4H2;2*2H. The molecule has 0 aromatic rings. The summed E-state index contributed by atoms with van der Waals surface area (Å²) in [6.07, 6.45) is 2.94. The predicted octanol–water partition coefficient (Wildman–Crippen LogP) is -0.447. The Bertz CT molecular complexity index is 110. The summed E-state index contributed by atoms with van der Waals surface area (Å²) in [6.45, 7) is 0.390. The number of nitrogens with one attached hydrogen (secondary N) is 2. The molecule has 0 aromatic carbocycles. The Morgan fingerprint density at radius 1 is 0.917 bits per heavy atom. The molecule has 0 fully saturated rings. The Morgan fingerprint density at radius 2 is 1.08 bits per heavy atom. The highest BCUT2D eigenvalue weighted by atomic mass is 16.3. The molecule has 12 heavy (non-hydrogen) atoms. The van der Waals surface area contributed by atoms with Crippen molar-refractivity contribution in [2.24, 2.45) is 0 Å². The zero-order valence-electron chi connectivity index (χ0n) is 6.54. The molecular formula is C6H12N2O4. The first-order valence-electron chi connectivity index (χ1n) is 3.04. The van der Waals surface area contributed by atoms with Crippen LogP contribution in [0.5, 0.6) is 0 Å². The van der Waals surface area contributed by atoms with Crippen LogP contribution >= 0.6 is 0 Å². The molecular weight excluding hydrogens is 164 g/mol. The van der Waals surface area contributed by atoms with Gasteiger partial charge in [0.15, 0.2) is 0 Å². The number of hydrogen-bond acceptors (Lipinski definition) is 6. The van der Waals surface area contributed by atoms with Gasteiger partial charge in [-0.1, -0.05) is 0 Å². The first-order valence-corrected chi connectivity index (χ1v) is 3.04. The van der Waals surface area contributed by atoms with Crippen LogP contribution in [0.1, 0.15) is 12.8 Å². The zero-order chi connectivity index (χ0) is 10.2. The minimum absolute atomic E-state index is 0.195. The molecule has 6 heteroatoms. The lowest BCUT2D eigenvalue weighted by Gasteiger charge is -1.85. The van der Waals surface area contributed by atoms with Gasteiger partial charge in [0.2, 0.25) is 12.2 Å². The van der Waals surface area contributed by atoms with Gasteiger partial charge >= 0.3 is 0 Å². The molecule has 0 saturated carbocycles. The topological polar surface area (TPSA) is 122 Å². The first-order chi connectivity index (χ1) is 5.74. The Balaban J connectivity index is -0.000000115. The average Bonchev–Trinajstić information content (AvgIpc) is 2.04. The van der Waals surface area contributed by atoms with Crippen molar-refractivity contribution in [3.05, 3.63) is 0 Å². The molecule has 0 radical (unpaired) electrons. The van der Waals surface area contributed by atoms with Crippen LogP contribution in [0.15, 0.2) is 0 Å². The largest absolute Gasteiger partial charge is 0.396 e. The fourth-order valence-corrected chi connectivity index (χ4v) is 0.224. The van der Waals surface area contributed by atoms with Gasteiger partial charge in [-0.3, -0.25) is 0 Å². The normalized spacial score (nSPS) is 5.83. The fourth-order valence-electron chi connectivity index (χ4n) is 0.224. The number of aliphatic hydroxyl groups excluding tert-OH is 2. The number of rotatable bonds is 3. The third-order valence-corrected chi connectivity index (χ3v) is 0.566. The van der Waals surface area contributed by atoms with E-state index in [-0.39, 0.29) is 13.2 Å². The van der Waals surface area contributed by atoms with Crippen LogP contribution in [0, 0.1) is 10.8 Å². The van der Waals surface area contributed by atoms with E-state index in [0.29, 0.717) is 0 Å². The molecule has 0 unspecified atom stereocenters. The maximum atomic E-state index is 8.35. The lowest BCUT2D eigenvalue weighted by molar-refractivity contribution is 0.242. The molecule has 0 rings (SSSR count). The van der Waals surface area contributed by atoms with Crippen molar-refractivity contribution < 1.29 is 19.8 Å². The summed E-state index contributed by atoms with van der Waals surface area (Å²) in [5.41, 5.74) is 0. The molecule has 0 aliphatic heterocycles. The van der Waals surface area contributed by atoms with Gasteiger partial charge in [0.1, 0.15) is 0 Å². The number of hydrogen-bond donors (Lipinski definition) is 4. The van der Waals surface area contributed by atoms with Crippen molar-refractivity contribution in [1.82, 2.24) is 0 Å². The molecule has 6 nitrogen and oxygen atoms in total. The Morgan fingerprint density at radius 3 is 1.17 bits per heavy atom. The minimum atomic E-state index is 0.195. The van der Waals surface area contributed by atoms with Crippen molar-refractivity contribution in [3.63, 3.8) is 0 Å². The van der Waals surface area contributed by atoms with Gasteiger partial charge in [-0.05, 0) is 12.8 Å². The second kappa shape index (κ2) is 33.3. The van der Waals surface area contributed by atoms with Gasteiger partial charge in [0, 0.05) is 13.2 Å². The lowest BCUT2D eigenvalue weighted by Crippen LogP contribution is -1.85. The van der Waals surface area contributed by atoms with Crippen molar-refractivity contribution in [1.29, 1.82) is 10.8 Å². The van der Waals surface area contributed by atoms with Crippen molar-refractivity contribution in [2.75, 3.05) is 13.2 Å². The van der Waals surface area contributed by atoms with Gasteiger partial charge in [-0.15, -0.1) is 0 Å². The SMILES string of the molecule is N=C=O.N=C=O.OCCCCO. The molecule has 0 atom stereocenters. The smallest absolute Gasteiger partial charge is 0.231 e. The fraction of sp³-hybridized carbons (Fsp3) is 0.667. The van der Waals surface area contributed by atoms with E-state index in [4.69, 9.17) is 30.6 Å². The summed E-state index contributed by atoms with van der Waals surface area (Å²) < 4.78 is 0. The second-order valence-corrected chi connectivity index (χ2v) is 1.36. The summed E-state index contributed by atoms with van der Waals surface area (Å²) >= 11 is 0. The van der Waals surface area contributed by atoms with Gasteiger partial charge in [0.05, 0.1) is 0 Å². The van der Waals surface area contributed by atoms with E-state index < -0.39 is 0 Å². The maximum Gasteiger partial charge on any atom is 0.231 e. The molecule has 0 amide bonds. The summed E-state index contributed by atoms with van der Waals surface area (Å²) in [5.74, 6) is 0. The van der Waals surface area contributed by atoms with Crippen LogP contribution in [0.3, 0.4) is 0 Å². The van der Waals surface area contributed by atoms with Crippen LogP contribution < -0.4 is 0 Å². The summed E-state index contributed by atoms with van der Waals surface area (Å²) in [5, 5.41) is 27.0. The molecule has 0 aliphatic carbocycles. The minimum Gasteiger partial charge on any atom is -0.396 e. The number of isocyanates is 2. The monoisotopic (exact) mass is 176 g/mol. The number of unbranched alkanes of at least 4 members (excludes halogenated alkanes) is 1. The highest BCUT2D eigenvalue weighted by Crippen LogP contribution is 1.80. The molecule has 0 aliphatic rings. The second-order valence-electron chi connectivity index (χ2n) is 1.36. The highest BCUT2D eigenvalue weighted by Gasteiger charge is 1.77. The molecule has 4 N–H and O–H groups in total. The third-order valence-electron chi connectivity index (χ3n) is 0.566. The van der Waals surface area contributed by atoms with Gasteiger partial charge in [-0.2, -0.15) is 0 Å². The van der Waals surface area contributed by atoms with Crippen molar-refractivity contribution >= 4 is 12.2 Å². The number of carbonyl (C=O) groups excluding carboxylic acids is 2. The Kier molecular flexibility index (Phi) is 47.1. The van der Waals surface area contributed by atoms with Crippen LogP contribution in [0.4, 0.5) is 0 Å². The van der Waals surface area contributed by atoms with Gasteiger partial charge in [0.25, 0.3) is 0 Å². The third kappa shape index (κ3) is 181. The predicted molar refractivity (Wildman–Crippen MR) is 40.2 cm³/mol. The van der Waals surface area contributed by atoms with Gasteiger partial charge < -0.3 is 10.2 Å². The van der Waals surface area contributed by atoms with E-state index in [1.54, 1.807) is 0 Å². The van der Waals surface area contributed by atoms with Crippen LogP contribution in [-0.4, -0.2) is 35.6 Å². The van der Waals surface area contributed by atoms with E-state index >= 15 is 0 Å². The van der Waals surface area contributed by atoms with Crippen LogP contribution in [0.2, 0.25) is 0 Å². The number of aliphatic hydroxyl groups is 2. The lowest BCUT2D eigenvalue weighted by atomic mass is 10.3. The van der Waals surface area contributed by atoms with E-state index in [2.05, 4.69) is 0 Å². The molecule has 0 aromatic heterocycles. The quantitative estimate of drug-likeness (QED) is 0.264. The molecule has 0 spiro atoms. The molecule has 0 heterocycles. The Hall–Kier alpha value is -1.32. The van der Waals surface area contributed by atoms with E-state index in [1.807, 2.05) is 0 Å². The molecule has 0 saturated heterocycles. The van der Waals surface area contributed by atoms with Crippen molar-refractivity contribution in [3.8, 4) is 0 Å². The van der Waals surface area contributed by atoms with E-state index in [9.17, 15) is 0 Å². The van der Waals surface area contributed by atoms with Crippen LogP contribution in [0.25, 0.3) is 0 Å². The average molecular weight is 176 g/mol. The zero-order valence-corrected chi connectivity index (χ0v) is 6.54. The van der Waals surface area contributed by atoms with E-state index in [1.165, 1.54) is 0 Å². The Labute approximate surface area is 69.9 Å². The first kappa shape index (κ1) is 17.0. The van der Waals surface area contributed by atoms with E-state index in [0.717, 1.165) is 25.0 Å².